The van der Waals surface area contributed by atoms with E-state index < -0.39 is 0 Å². The normalized spacial score (nSPS) is 18.4. The number of hydrogen-bond acceptors (Lipinski definition) is 6. The number of thiophene rings is 1. The van der Waals surface area contributed by atoms with Gasteiger partial charge in [0.1, 0.15) is 11.9 Å². The predicted octanol–water partition coefficient (Wildman–Crippen LogP) is 2.25. The van der Waals surface area contributed by atoms with Crippen molar-refractivity contribution in [1.29, 1.82) is 0 Å². The molecule has 0 spiro atoms. The Morgan fingerprint density at radius 2 is 2.45 bits per heavy atom. The summed E-state index contributed by atoms with van der Waals surface area (Å²) in [5.41, 5.74) is 0. The number of nitrogens with zero attached hydrogens (tertiary/aromatic N) is 2. The number of aromatic nitrogens is 1. The van der Waals surface area contributed by atoms with Crippen LogP contribution in [-0.2, 0) is 9.53 Å². The molecule has 2 aromatic rings. The van der Waals surface area contributed by atoms with Crippen LogP contribution < -0.4 is 4.90 Å². The zero-order valence-electron chi connectivity index (χ0n) is 11.0. The largest absolute Gasteiger partial charge is 0.467 e. The monoisotopic (exact) mass is 290 g/mol. The van der Waals surface area contributed by atoms with Gasteiger partial charge in [0.15, 0.2) is 6.29 Å². The maximum atomic E-state index is 11.9. The lowest BCUT2D eigenvalue weighted by Crippen LogP contribution is -2.37. The minimum absolute atomic E-state index is 0.229. The summed E-state index contributed by atoms with van der Waals surface area (Å²) in [6.07, 6.45) is 4.27. The first-order chi connectivity index (χ1) is 9.74. The summed E-state index contributed by atoms with van der Waals surface area (Å²) < 4.78 is 5.87. The van der Waals surface area contributed by atoms with E-state index in [9.17, 15) is 9.59 Å². The molecule has 0 aliphatic carbocycles. The molecule has 1 fully saturated rings. The third-order valence-electron chi connectivity index (χ3n) is 3.56. The van der Waals surface area contributed by atoms with Gasteiger partial charge in [-0.3, -0.25) is 4.79 Å². The molecule has 1 saturated heterocycles. The molecule has 1 unspecified atom stereocenters. The molecule has 0 radical (unpaired) electrons. The van der Waals surface area contributed by atoms with Crippen LogP contribution in [0, 0.1) is 0 Å². The highest BCUT2D eigenvalue weighted by molar-refractivity contribution is 7.20. The van der Waals surface area contributed by atoms with Gasteiger partial charge in [-0.2, -0.15) is 0 Å². The molecule has 0 amide bonds. The van der Waals surface area contributed by atoms with Gasteiger partial charge in [0.2, 0.25) is 0 Å². The fraction of sp³-hybridized carbons (Fsp3) is 0.357. The van der Waals surface area contributed by atoms with E-state index in [1.165, 1.54) is 18.4 Å². The molecule has 0 N–H and O–H groups in total. The van der Waals surface area contributed by atoms with Crippen LogP contribution in [-0.4, -0.2) is 36.9 Å². The van der Waals surface area contributed by atoms with Crippen LogP contribution in [0.25, 0.3) is 10.1 Å². The van der Waals surface area contributed by atoms with Crippen molar-refractivity contribution in [1.82, 2.24) is 4.98 Å². The molecule has 0 aromatic carbocycles. The first kappa shape index (κ1) is 13.1. The average molecular weight is 290 g/mol. The molecule has 1 aliphatic heterocycles. The zero-order chi connectivity index (χ0) is 14.1. The molecular weight excluding hydrogens is 276 g/mol. The zero-order valence-corrected chi connectivity index (χ0v) is 11.9. The first-order valence-corrected chi connectivity index (χ1v) is 7.24. The number of esters is 1. The SMILES string of the molecule is COC(=O)C1CCCN1c1nccc2sc(C=O)cc12. The van der Waals surface area contributed by atoms with Gasteiger partial charge >= 0.3 is 5.97 Å². The molecule has 5 nitrogen and oxygen atoms in total. The molecule has 3 heterocycles. The van der Waals surface area contributed by atoms with Gasteiger partial charge in [0.05, 0.1) is 12.0 Å². The molecule has 6 heteroatoms. The van der Waals surface area contributed by atoms with E-state index in [2.05, 4.69) is 4.98 Å². The van der Waals surface area contributed by atoms with Gasteiger partial charge in [0, 0.05) is 22.8 Å². The number of rotatable bonds is 3. The first-order valence-electron chi connectivity index (χ1n) is 6.43. The fourth-order valence-electron chi connectivity index (χ4n) is 2.66. The number of methoxy groups -OCH3 is 1. The lowest BCUT2D eigenvalue weighted by Gasteiger charge is -2.24. The van der Waals surface area contributed by atoms with Crippen molar-refractivity contribution < 1.29 is 14.3 Å². The lowest BCUT2D eigenvalue weighted by atomic mass is 10.2. The molecule has 0 bridgehead atoms. The van der Waals surface area contributed by atoms with Gasteiger partial charge in [-0.1, -0.05) is 0 Å². The fourth-order valence-corrected chi connectivity index (χ4v) is 3.52. The Morgan fingerprint density at radius 3 is 3.20 bits per heavy atom. The van der Waals surface area contributed by atoms with Crippen LogP contribution in [0.4, 0.5) is 5.82 Å². The number of pyridine rings is 1. The van der Waals surface area contributed by atoms with Crippen LogP contribution >= 0.6 is 11.3 Å². The molecule has 20 heavy (non-hydrogen) atoms. The van der Waals surface area contributed by atoms with E-state index in [0.717, 1.165) is 41.6 Å². The Balaban J connectivity index is 2.06. The second-order valence-corrected chi connectivity index (χ2v) is 5.80. The van der Waals surface area contributed by atoms with Crippen LogP contribution in [0.3, 0.4) is 0 Å². The molecule has 2 aromatic heterocycles. The molecular formula is C14H14N2O3S. The van der Waals surface area contributed by atoms with Crippen molar-refractivity contribution in [2.24, 2.45) is 0 Å². The molecule has 3 rings (SSSR count). The number of aldehydes is 1. The van der Waals surface area contributed by atoms with Crippen molar-refractivity contribution in [3.05, 3.63) is 23.2 Å². The number of anilines is 1. The van der Waals surface area contributed by atoms with Crippen LogP contribution in [0.15, 0.2) is 18.3 Å². The highest BCUT2D eigenvalue weighted by Crippen LogP contribution is 2.34. The van der Waals surface area contributed by atoms with Crippen molar-refractivity contribution in [3.63, 3.8) is 0 Å². The maximum absolute atomic E-state index is 11.9. The second-order valence-electron chi connectivity index (χ2n) is 4.69. The Kier molecular flexibility index (Phi) is 3.40. The Morgan fingerprint density at radius 1 is 1.60 bits per heavy atom. The van der Waals surface area contributed by atoms with Crippen LogP contribution in [0.2, 0.25) is 0 Å². The number of fused-ring (bicyclic) bond motifs is 1. The van der Waals surface area contributed by atoms with E-state index in [1.807, 2.05) is 17.0 Å². The standard InChI is InChI=1S/C14H14N2O3S/c1-19-14(18)11-3-2-6-16(11)13-10-7-9(8-17)20-12(10)4-5-15-13/h4-5,7-8,11H,2-3,6H2,1H3. The van der Waals surface area contributed by atoms with E-state index >= 15 is 0 Å². The molecule has 1 atom stereocenters. The summed E-state index contributed by atoms with van der Waals surface area (Å²) in [4.78, 5) is 29.8. The smallest absolute Gasteiger partial charge is 0.328 e. The Bertz CT molecular complexity index is 667. The summed E-state index contributed by atoms with van der Waals surface area (Å²) in [6, 6.07) is 3.44. The number of ether oxygens (including phenoxy) is 1. The number of hydrogen-bond donors (Lipinski definition) is 0. The maximum Gasteiger partial charge on any atom is 0.328 e. The quantitative estimate of drug-likeness (QED) is 0.641. The lowest BCUT2D eigenvalue weighted by molar-refractivity contribution is -0.141. The van der Waals surface area contributed by atoms with Crippen molar-refractivity contribution in [3.8, 4) is 0 Å². The average Bonchev–Trinajstić information content (AvgIpc) is 3.11. The van der Waals surface area contributed by atoms with Gasteiger partial charge in [-0.25, -0.2) is 9.78 Å². The van der Waals surface area contributed by atoms with E-state index in [0.29, 0.717) is 4.88 Å². The minimum atomic E-state index is -0.280. The third-order valence-corrected chi connectivity index (χ3v) is 4.58. The van der Waals surface area contributed by atoms with Crippen molar-refractivity contribution in [2.75, 3.05) is 18.6 Å². The summed E-state index contributed by atoms with van der Waals surface area (Å²) in [6.45, 7) is 0.776. The summed E-state index contributed by atoms with van der Waals surface area (Å²) >= 11 is 1.43. The van der Waals surface area contributed by atoms with Gasteiger partial charge in [-0.15, -0.1) is 11.3 Å². The Labute approximate surface area is 120 Å². The summed E-state index contributed by atoms with van der Waals surface area (Å²) in [5, 5.41) is 0.926. The van der Waals surface area contributed by atoms with Crippen molar-refractivity contribution in [2.45, 2.75) is 18.9 Å². The van der Waals surface area contributed by atoms with Gasteiger partial charge in [-0.05, 0) is 25.0 Å². The Hall–Kier alpha value is -1.95. The number of carbonyl (C=O) groups is 2. The van der Waals surface area contributed by atoms with E-state index in [4.69, 9.17) is 4.74 Å². The highest BCUT2D eigenvalue weighted by atomic mass is 32.1. The third kappa shape index (κ3) is 2.06. The van der Waals surface area contributed by atoms with E-state index in [1.54, 1.807) is 6.20 Å². The molecule has 1 aliphatic rings. The number of carbonyl (C=O) groups excluding carboxylic acids is 2. The van der Waals surface area contributed by atoms with Gasteiger partial charge in [0.25, 0.3) is 0 Å². The van der Waals surface area contributed by atoms with Crippen LogP contribution in [0.5, 0.6) is 0 Å². The molecule has 104 valence electrons. The highest BCUT2D eigenvalue weighted by Gasteiger charge is 2.33. The van der Waals surface area contributed by atoms with Crippen molar-refractivity contribution >= 4 is 39.5 Å². The summed E-state index contributed by atoms with van der Waals surface area (Å²) in [7, 11) is 1.40. The van der Waals surface area contributed by atoms with Crippen LogP contribution in [0.1, 0.15) is 22.5 Å². The van der Waals surface area contributed by atoms with Gasteiger partial charge < -0.3 is 9.64 Å². The molecule has 0 saturated carbocycles. The second kappa shape index (κ2) is 5.20. The minimum Gasteiger partial charge on any atom is -0.467 e. The predicted molar refractivity (Wildman–Crippen MR) is 77.4 cm³/mol. The summed E-state index contributed by atoms with van der Waals surface area (Å²) in [5.74, 6) is 0.534. The topological polar surface area (TPSA) is 59.5 Å². The van der Waals surface area contributed by atoms with E-state index in [-0.39, 0.29) is 12.0 Å².